The van der Waals surface area contributed by atoms with E-state index in [9.17, 15) is 14.8 Å². The van der Waals surface area contributed by atoms with E-state index in [0.29, 0.717) is 23.2 Å². The van der Waals surface area contributed by atoms with E-state index in [1.807, 2.05) is 61.6 Å². The summed E-state index contributed by atoms with van der Waals surface area (Å²) >= 11 is 0. The normalized spacial score (nSPS) is 28.4. The van der Waals surface area contributed by atoms with Gasteiger partial charge in [0.25, 0.3) is 0 Å². The molecule has 0 bridgehead atoms. The van der Waals surface area contributed by atoms with Gasteiger partial charge in [0.2, 0.25) is 11.8 Å². The van der Waals surface area contributed by atoms with Crippen molar-refractivity contribution >= 4 is 12.4 Å². The second kappa shape index (κ2) is 9.14. The van der Waals surface area contributed by atoms with E-state index in [-0.39, 0.29) is 17.3 Å². The molecule has 2 aromatic carbocycles. The lowest BCUT2D eigenvalue weighted by atomic mass is 9.71. The summed E-state index contributed by atoms with van der Waals surface area (Å²) in [7, 11) is 2.25. The highest BCUT2D eigenvalue weighted by molar-refractivity contribution is 7.70. The SMILES string of the molecule is CNC[C@H]1[C@@H](O)[C@@]2(O)c3c(cc(OC)nc3OC)O[C@@]2(c2ccc(P(C)(C)=O)cc2)[C@@H]1c1ccccc1. The van der Waals surface area contributed by atoms with Crippen molar-refractivity contribution in [3.05, 3.63) is 77.4 Å². The van der Waals surface area contributed by atoms with Gasteiger partial charge in [0, 0.05) is 29.8 Å². The summed E-state index contributed by atoms with van der Waals surface area (Å²) in [6.45, 7) is 3.86. The van der Waals surface area contributed by atoms with Crippen molar-refractivity contribution in [2.45, 2.75) is 23.2 Å². The highest BCUT2D eigenvalue weighted by Gasteiger charge is 2.76. The summed E-state index contributed by atoms with van der Waals surface area (Å²) in [4.78, 5) is 4.41. The third-order valence-electron chi connectivity index (χ3n) is 7.76. The Morgan fingerprint density at radius 1 is 1.08 bits per heavy atom. The predicted molar refractivity (Wildman–Crippen MR) is 142 cm³/mol. The van der Waals surface area contributed by atoms with Gasteiger partial charge >= 0.3 is 0 Å². The summed E-state index contributed by atoms with van der Waals surface area (Å²) in [6.07, 6.45) is -1.24. The first-order valence-electron chi connectivity index (χ1n) is 12.2. The highest BCUT2D eigenvalue weighted by atomic mass is 31.2. The van der Waals surface area contributed by atoms with Crippen LogP contribution in [-0.4, -0.2) is 62.4 Å². The molecule has 8 nitrogen and oxygen atoms in total. The Balaban J connectivity index is 1.85. The molecule has 196 valence electrons. The molecule has 0 radical (unpaired) electrons. The number of aliphatic hydroxyl groups is 2. The molecule has 0 saturated heterocycles. The molecule has 2 heterocycles. The maximum absolute atomic E-state index is 12.8. The van der Waals surface area contributed by atoms with Crippen LogP contribution in [0.2, 0.25) is 0 Å². The average molecular weight is 525 g/mol. The van der Waals surface area contributed by atoms with Crippen LogP contribution in [-0.2, 0) is 15.8 Å². The first-order valence-corrected chi connectivity index (χ1v) is 14.8. The molecular formula is C28H33N2O6P. The van der Waals surface area contributed by atoms with Gasteiger partial charge in [-0.1, -0.05) is 54.6 Å². The van der Waals surface area contributed by atoms with Crippen molar-refractivity contribution in [1.29, 1.82) is 0 Å². The molecule has 0 unspecified atom stereocenters. The van der Waals surface area contributed by atoms with Crippen molar-refractivity contribution in [2.24, 2.45) is 5.92 Å². The number of benzene rings is 2. The van der Waals surface area contributed by atoms with E-state index in [2.05, 4.69) is 10.3 Å². The zero-order chi connectivity index (χ0) is 26.6. The minimum atomic E-state index is -2.52. The topological polar surface area (TPSA) is 110 Å². The van der Waals surface area contributed by atoms with Gasteiger partial charge in [-0.25, -0.2) is 0 Å². The average Bonchev–Trinajstić information content (AvgIpc) is 3.26. The van der Waals surface area contributed by atoms with Gasteiger partial charge in [0.15, 0.2) is 11.2 Å². The Hall–Kier alpha value is -2.90. The Morgan fingerprint density at radius 2 is 1.76 bits per heavy atom. The van der Waals surface area contributed by atoms with Crippen molar-refractivity contribution in [3.8, 4) is 17.5 Å². The molecule has 1 saturated carbocycles. The third kappa shape index (κ3) is 3.62. The van der Waals surface area contributed by atoms with E-state index in [1.54, 1.807) is 19.4 Å². The van der Waals surface area contributed by atoms with Gasteiger partial charge in [-0.3, -0.25) is 0 Å². The van der Waals surface area contributed by atoms with Gasteiger partial charge in [0.05, 0.1) is 25.9 Å². The standard InChI is InChI=1S/C28H33N2O6P/c1-29-16-20-23(17-9-7-6-8-10-17)28(18-11-13-19(14-12-18)37(4,5)33)27(32,25(20)31)24-21(36-28)15-22(34-2)30-26(24)35-3/h6-15,20,23,25,29,31-32H,16H2,1-5H3/t20-,23-,25-,27+,28+/m1/s1. The van der Waals surface area contributed by atoms with Crippen LogP contribution in [0, 0.1) is 5.92 Å². The fourth-order valence-electron chi connectivity index (χ4n) is 6.19. The Labute approximate surface area is 217 Å². The highest BCUT2D eigenvalue weighted by Crippen LogP contribution is 2.69. The molecule has 1 aliphatic carbocycles. The van der Waals surface area contributed by atoms with Gasteiger partial charge in [-0.15, -0.1) is 0 Å². The number of aromatic nitrogens is 1. The first-order chi connectivity index (χ1) is 17.6. The number of ether oxygens (including phenoxy) is 3. The van der Waals surface area contributed by atoms with Gasteiger partial charge in [-0.2, -0.15) is 4.98 Å². The summed E-state index contributed by atoms with van der Waals surface area (Å²) in [5, 5.41) is 28.6. The number of nitrogens with zero attached hydrogens (tertiary/aromatic N) is 1. The van der Waals surface area contributed by atoms with Crippen LogP contribution in [0.15, 0.2) is 60.7 Å². The molecule has 1 aromatic heterocycles. The van der Waals surface area contributed by atoms with Crippen LogP contribution in [0.4, 0.5) is 0 Å². The van der Waals surface area contributed by atoms with E-state index in [0.717, 1.165) is 5.56 Å². The molecule has 1 fully saturated rings. The fraction of sp³-hybridized carbons (Fsp3) is 0.393. The number of aliphatic hydroxyl groups excluding tert-OH is 1. The second-order valence-electron chi connectivity index (χ2n) is 10.1. The summed E-state index contributed by atoms with van der Waals surface area (Å²) in [5.41, 5.74) is -1.52. The van der Waals surface area contributed by atoms with Crippen LogP contribution < -0.4 is 24.8 Å². The van der Waals surface area contributed by atoms with Crippen molar-refractivity contribution in [3.63, 3.8) is 0 Å². The van der Waals surface area contributed by atoms with Crippen molar-refractivity contribution < 1.29 is 29.0 Å². The van der Waals surface area contributed by atoms with E-state index in [4.69, 9.17) is 14.2 Å². The largest absolute Gasteiger partial charge is 0.481 e. The minimum Gasteiger partial charge on any atom is -0.481 e. The van der Waals surface area contributed by atoms with Crippen LogP contribution in [0.5, 0.6) is 17.5 Å². The number of hydrogen-bond donors (Lipinski definition) is 3. The number of rotatable bonds is 7. The van der Waals surface area contributed by atoms with Crippen LogP contribution in [0.25, 0.3) is 0 Å². The van der Waals surface area contributed by atoms with Gasteiger partial charge in [0.1, 0.15) is 12.9 Å². The minimum absolute atomic E-state index is 0.123. The summed E-state index contributed by atoms with van der Waals surface area (Å²) in [6, 6.07) is 18.7. The number of nitrogens with one attached hydrogen (secondary N) is 1. The quantitative estimate of drug-likeness (QED) is 0.405. The maximum atomic E-state index is 12.8. The zero-order valence-electron chi connectivity index (χ0n) is 21.6. The number of fused-ring (bicyclic) bond motifs is 3. The molecule has 2 aliphatic rings. The lowest BCUT2D eigenvalue weighted by molar-refractivity contribution is -0.152. The second-order valence-corrected chi connectivity index (χ2v) is 13.3. The van der Waals surface area contributed by atoms with Gasteiger partial charge < -0.3 is 34.3 Å². The summed E-state index contributed by atoms with van der Waals surface area (Å²) < 4.78 is 30.6. The Kier molecular flexibility index (Phi) is 6.35. The van der Waals surface area contributed by atoms with E-state index < -0.39 is 36.3 Å². The zero-order valence-corrected chi connectivity index (χ0v) is 22.5. The smallest absolute Gasteiger partial charge is 0.226 e. The molecule has 0 spiro atoms. The lowest BCUT2D eigenvalue weighted by Crippen LogP contribution is -2.52. The molecule has 37 heavy (non-hydrogen) atoms. The molecule has 9 heteroatoms. The molecular weight excluding hydrogens is 491 g/mol. The fourth-order valence-corrected chi connectivity index (χ4v) is 7.06. The Morgan fingerprint density at radius 3 is 2.32 bits per heavy atom. The lowest BCUT2D eigenvalue weighted by Gasteiger charge is -2.41. The number of pyridine rings is 1. The molecule has 3 aromatic rings. The van der Waals surface area contributed by atoms with Crippen molar-refractivity contribution in [2.75, 3.05) is 41.1 Å². The first kappa shape index (κ1) is 25.7. The summed E-state index contributed by atoms with van der Waals surface area (Å²) in [5.74, 6) is -0.182. The molecule has 5 rings (SSSR count). The van der Waals surface area contributed by atoms with E-state index in [1.165, 1.54) is 14.2 Å². The van der Waals surface area contributed by atoms with Crippen LogP contribution >= 0.6 is 7.14 Å². The van der Waals surface area contributed by atoms with Crippen LogP contribution in [0.3, 0.4) is 0 Å². The van der Waals surface area contributed by atoms with Crippen LogP contribution in [0.1, 0.15) is 22.6 Å². The molecule has 5 atom stereocenters. The van der Waals surface area contributed by atoms with E-state index >= 15 is 0 Å². The van der Waals surface area contributed by atoms with Crippen molar-refractivity contribution in [1.82, 2.24) is 10.3 Å². The monoisotopic (exact) mass is 524 g/mol. The predicted octanol–water partition coefficient (Wildman–Crippen LogP) is 2.82. The molecule has 1 aliphatic heterocycles. The number of methoxy groups -OCH3 is 2. The molecule has 3 N–H and O–H groups in total. The third-order valence-corrected chi connectivity index (χ3v) is 9.31. The maximum Gasteiger partial charge on any atom is 0.226 e. The Bertz CT molecular complexity index is 1340. The number of hydrogen-bond acceptors (Lipinski definition) is 8. The molecule has 0 amide bonds. The van der Waals surface area contributed by atoms with Gasteiger partial charge in [-0.05, 0) is 31.5 Å².